The number of para-hydroxylation sites is 1. The standard InChI is InChI=1S/C16H17N5/c1-2-8-17-14-10-15(20-11-19-14)21-13-7-3-5-12-6-4-9-18-16(12)13/h3-7,9-11H,2,8H2,1H3,(H2,17,19,20,21). The number of nitrogens with one attached hydrogen (secondary N) is 2. The zero-order chi connectivity index (χ0) is 14.5. The summed E-state index contributed by atoms with van der Waals surface area (Å²) in [6, 6.07) is 11.9. The first-order valence-corrected chi connectivity index (χ1v) is 7.03. The number of pyridine rings is 1. The van der Waals surface area contributed by atoms with E-state index in [0.717, 1.165) is 41.2 Å². The third kappa shape index (κ3) is 3.08. The molecule has 5 heteroatoms. The molecule has 0 atom stereocenters. The fraction of sp³-hybridized carbons (Fsp3) is 0.188. The Bertz CT molecular complexity index is 736. The van der Waals surface area contributed by atoms with E-state index in [1.165, 1.54) is 0 Å². The maximum atomic E-state index is 4.43. The van der Waals surface area contributed by atoms with Gasteiger partial charge in [0.2, 0.25) is 0 Å². The van der Waals surface area contributed by atoms with Gasteiger partial charge in [0, 0.05) is 24.2 Å². The Morgan fingerprint density at radius 1 is 1.00 bits per heavy atom. The molecule has 1 aromatic carbocycles. The van der Waals surface area contributed by atoms with Crippen molar-refractivity contribution in [3.63, 3.8) is 0 Å². The van der Waals surface area contributed by atoms with Crippen LogP contribution in [0.5, 0.6) is 0 Å². The second kappa shape index (κ2) is 6.17. The van der Waals surface area contributed by atoms with E-state index in [-0.39, 0.29) is 0 Å². The van der Waals surface area contributed by atoms with Crippen molar-refractivity contribution >= 4 is 28.2 Å². The Balaban J connectivity index is 1.88. The van der Waals surface area contributed by atoms with Crippen LogP contribution in [0.4, 0.5) is 17.3 Å². The van der Waals surface area contributed by atoms with Gasteiger partial charge in [0.1, 0.15) is 18.0 Å². The van der Waals surface area contributed by atoms with Crippen LogP contribution in [0.25, 0.3) is 10.9 Å². The maximum absolute atomic E-state index is 4.43. The molecule has 3 aromatic rings. The van der Waals surface area contributed by atoms with Crippen molar-refractivity contribution in [2.45, 2.75) is 13.3 Å². The molecule has 0 fully saturated rings. The number of hydrogen-bond acceptors (Lipinski definition) is 5. The van der Waals surface area contributed by atoms with Crippen molar-refractivity contribution in [3.05, 3.63) is 48.9 Å². The van der Waals surface area contributed by atoms with Crippen molar-refractivity contribution < 1.29 is 0 Å². The number of hydrogen-bond donors (Lipinski definition) is 2. The third-order valence-electron chi connectivity index (χ3n) is 3.12. The van der Waals surface area contributed by atoms with Crippen molar-refractivity contribution in [3.8, 4) is 0 Å². The lowest BCUT2D eigenvalue weighted by atomic mass is 10.2. The Kier molecular flexibility index (Phi) is 3.91. The number of nitrogens with zero attached hydrogens (tertiary/aromatic N) is 3. The predicted octanol–water partition coefficient (Wildman–Crippen LogP) is 3.59. The molecule has 0 saturated carbocycles. The maximum Gasteiger partial charge on any atom is 0.135 e. The van der Waals surface area contributed by atoms with Crippen molar-refractivity contribution in [1.29, 1.82) is 0 Å². The van der Waals surface area contributed by atoms with Crippen molar-refractivity contribution in [2.75, 3.05) is 17.2 Å². The number of anilines is 3. The highest BCUT2D eigenvalue weighted by molar-refractivity contribution is 5.91. The molecule has 0 radical (unpaired) electrons. The van der Waals surface area contributed by atoms with Gasteiger partial charge in [-0.2, -0.15) is 0 Å². The fourth-order valence-corrected chi connectivity index (χ4v) is 2.12. The zero-order valence-corrected chi connectivity index (χ0v) is 11.9. The van der Waals surface area contributed by atoms with E-state index in [1.807, 2.05) is 36.4 Å². The molecule has 106 valence electrons. The lowest BCUT2D eigenvalue weighted by Crippen LogP contribution is -2.03. The molecule has 0 aliphatic carbocycles. The van der Waals surface area contributed by atoms with Crippen LogP contribution in [0.15, 0.2) is 48.9 Å². The molecule has 3 rings (SSSR count). The van der Waals surface area contributed by atoms with Gasteiger partial charge in [0.15, 0.2) is 0 Å². The topological polar surface area (TPSA) is 62.7 Å². The van der Waals surface area contributed by atoms with Crippen LogP contribution in [0.3, 0.4) is 0 Å². The largest absolute Gasteiger partial charge is 0.370 e. The first-order chi connectivity index (χ1) is 10.4. The van der Waals surface area contributed by atoms with Crippen LogP contribution in [0, 0.1) is 0 Å². The van der Waals surface area contributed by atoms with E-state index < -0.39 is 0 Å². The molecule has 0 amide bonds. The van der Waals surface area contributed by atoms with Gasteiger partial charge in [-0.15, -0.1) is 0 Å². The normalized spacial score (nSPS) is 10.5. The Morgan fingerprint density at radius 2 is 1.86 bits per heavy atom. The number of rotatable bonds is 5. The summed E-state index contributed by atoms with van der Waals surface area (Å²) in [4.78, 5) is 12.9. The van der Waals surface area contributed by atoms with Gasteiger partial charge in [-0.25, -0.2) is 9.97 Å². The van der Waals surface area contributed by atoms with Crippen LogP contribution >= 0.6 is 0 Å². The predicted molar refractivity (Wildman–Crippen MR) is 85.8 cm³/mol. The van der Waals surface area contributed by atoms with E-state index >= 15 is 0 Å². The molecule has 21 heavy (non-hydrogen) atoms. The van der Waals surface area contributed by atoms with Gasteiger partial charge < -0.3 is 10.6 Å². The minimum absolute atomic E-state index is 0.752. The summed E-state index contributed by atoms with van der Waals surface area (Å²) < 4.78 is 0. The van der Waals surface area contributed by atoms with E-state index in [4.69, 9.17) is 0 Å². The molecular formula is C16H17N5. The van der Waals surface area contributed by atoms with Gasteiger partial charge in [0.25, 0.3) is 0 Å². The van der Waals surface area contributed by atoms with Crippen LogP contribution in [0.1, 0.15) is 13.3 Å². The Labute approximate surface area is 123 Å². The molecule has 2 aromatic heterocycles. The molecule has 0 saturated heterocycles. The number of fused-ring (bicyclic) bond motifs is 1. The van der Waals surface area contributed by atoms with E-state index in [9.17, 15) is 0 Å². The molecular weight excluding hydrogens is 262 g/mol. The molecule has 2 heterocycles. The second-order valence-corrected chi connectivity index (χ2v) is 4.72. The van der Waals surface area contributed by atoms with Crippen LogP contribution < -0.4 is 10.6 Å². The van der Waals surface area contributed by atoms with Gasteiger partial charge >= 0.3 is 0 Å². The summed E-state index contributed by atoms with van der Waals surface area (Å²) in [5.74, 6) is 1.57. The second-order valence-electron chi connectivity index (χ2n) is 4.72. The van der Waals surface area contributed by atoms with Crippen LogP contribution in [-0.2, 0) is 0 Å². The summed E-state index contributed by atoms with van der Waals surface area (Å²) in [5, 5.41) is 7.66. The van der Waals surface area contributed by atoms with Crippen LogP contribution in [-0.4, -0.2) is 21.5 Å². The highest BCUT2D eigenvalue weighted by atomic mass is 15.1. The minimum Gasteiger partial charge on any atom is -0.370 e. The third-order valence-corrected chi connectivity index (χ3v) is 3.12. The molecule has 0 aliphatic heterocycles. The number of benzene rings is 1. The van der Waals surface area contributed by atoms with Crippen molar-refractivity contribution in [2.24, 2.45) is 0 Å². The molecule has 0 bridgehead atoms. The van der Waals surface area contributed by atoms with Gasteiger partial charge in [-0.1, -0.05) is 25.1 Å². The molecule has 5 nitrogen and oxygen atoms in total. The number of aromatic nitrogens is 3. The average molecular weight is 279 g/mol. The van der Waals surface area contributed by atoms with Gasteiger partial charge in [0.05, 0.1) is 11.2 Å². The summed E-state index contributed by atoms with van der Waals surface area (Å²) in [7, 11) is 0. The van der Waals surface area contributed by atoms with E-state index in [2.05, 4.69) is 32.5 Å². The lowest BCUT2D eigenvalue weighted by Gasteiger charge is -2.09. The van der Waals surface area contributed by atoms with Gasteiger partial charge in [-0.05, 0) is 18.6 Å². The first kappa shape index (κ1) is 13.3. The van der Waals surface area contributed by atoms with Gasteiger partial charge in [-0.3, -0.25) is 4.98 Å². The average Bonchev–Trinajstić information content (AvgIpc) is 2.54. The Morgan fingerprint density at radius 3 is 2.76 bits per heavy atom. The summed E-state index contributed by atoms with van der Waals surface area (Å²) in [6.07, 6.45) is 4.40. The molecule has 0 aliphatic rings. The quantitative estimate of drug-likeness (QED) is 0.747. The minimum atomic E-state index is 0.752. The van der Waals surface area contributed by atoms with Crippen molar-refractivity contribution in [1.82, 2.24) is 15.0 Å². The highest BCUT2D eigenvalue weighted by Crippen LogP contribution is 2.24. The van der Waals surface area contributed by atoms with E-state index in [0.29, 0.717) is 0 Å². The monoisotopic (exact) mass is 279 g/mol. The fourth-order valence-electron chi connectivity index (χ4n) is 2.12. The molecule has 2 N–H and O–H groups in total. The first-order valence-electron chi connectivity index (χ1n) is 7.03. The smallest absolute Gasteiger partial charge is 0.135 e. The highest BCUT2D eigenvalue weighted by Gasteiger charge is 2.04. The summed E-state index contributed by atoms with van der Waals surface area (Å²) in [5.41, 5.74) is 1.87. The lowest BCUT2D eigenvalue weighted by molar-refractivity contribution is 0.965. The SMILES string of the molecule is CCCNc1cc(Nc2cccc3cccnc23)ncn1. The summed E-state index contributed by atoms with van der Waals surface area (Å²) >= 11 is 0. The van der Waals surface area contributed by atoms with E-state index in [1.54, 1.807) is 12.5 Å². The Hall–Kier alpha value is -2.69. The zero-order valence-electron chi connectivity index (χ0n) is 11.9. The summed E-state index contributed by atoms with van der Waals surface area (Å²) in [6.45, 7) is 3.02. The molecule has 0 spiro atoms. The van der Waals surface area contributed by atoms with Crippen LogP contribution in [0.2, 0.25) is 0 Å². The molecule has 0 unspecified atom stereocenters.